The van der Waals surface area contributed by atoms with Crippen LogP contribution in [0.3, 0.4) is 0 Å². The van der Waals surface area contributed by atoms with Crippen LogP contribution in [0.25, 0.3) is 0 Å². The Morgan fingerprint density at radius 1 is 1.54 bits per heavy atom. The maximum atomic E-state index is 8.55. The van der Waals surface area contributed by atoms with Gasteiger partial charge in [-0.05, 0) is 19.1 Å². The van der Waals surface area contributed by atoms with Crippen molar-refractivity contribution in [3.05, 3.63) is 36.3 Å². The molecule has 0 aromatic rings. The number of hydrogen-bond donors (Lipinski definition) is 3. The number of hydrazone groups is 1. The summed E-state index contributed by atoms with van der Waals surface area (Å²) in [5.74, 6) is 0. The van der Waals surface area contributed by atoms with Gasteiger partial charge in [-0.25, -0.2) is 0 Å². The number of aliphatic hydroxyl groups excluding tert-OH is 1. The zero-order valence-corrected chi connectivity index (χ0v) is 7.28. The number of nitrogens with one attached hydrogen (secondary N) is 2. The molecule has 4 heteroatoms. The van der Waals surface area contributed by atoms with Crippen LogP contribution < -0.4 is 5.43 Å². The number of nitrogens with zero attached hydrogens (tertiary/aromatic N) is 1. The summed E-state index contributed by atoms with van der Waals surface area (Å²) >= 11 is 0. The summed E-state index contributed by atoms with van der Waals surface area (Å²) in [6.45, 7) is 1.68. The predicted octanol–water partition coefficient (Wildman–Crippen LogP) is 1.50. The first-order valence-corrected chi connectivity index (χ1v) is 3.82. The van der Waals surface area contributed by atoms with Crippen LogP contribution in [-0.4, -0.2) is 16.5 Å². The molecule has 0 saturated carbocycles. The number of hydrogen-bond acceptors (Lipinski definition) is 4. The lowest BCUT2D eigenvalue weighted by Gasteiger charge is -2.03. The summed E-state index contributed by atoms with van der Waals surface area (Å²) in [5.41, 5.74) is 4.03. The lowest BCUT2D eigenvalue weighted by atomic mass is 10.1. The van der Waals surface area contributed by atoms with Crippen LogP contribution in [0.5, 0.6) is 0 Å². The Morgan fingerprint density at radius 2 is 2.23 bits per heavy atom. The van der Waals surface area contributed by atoms with Crippen LogP contribution in [0.15, 0.2) is 41.4 Å². The Kier molecular flexibility index (Phi) is 3.03. The minimum Gasteiger partial charge on any atom is -0.514 e. The Bertz CT molecular complexity index is 324. The fourth-order valence-corrected chi connectivity index (χ4v) is 0.748. The summed E-state index contributed by atoms with van der Waals surface area (Å²) < 4.78 is 0. The molecule has 0 fully saturated rings. The van der Waals surface area contributed by atoms with Crippen molar-refractivity contribution >= 4 is 11.4 Å². The summed E-state index contributed by atoms with van der Waals surface area (Å²) in [4.78, 5) is 0. The minimum absolute atomic E-state index is 0.348. The van der Waals surface area contributed by atoms with Gasteiger partial charge in [0.2, 0.25) is 0 Å². The van der Waals surface area contributed by atoms with Gasteiger partial charge in [-0.2, -0.15) is 5.10 Å². The minimum atomic E-state index is 0.348. The second kappa shape index (κ2) is 4.25. The van der Waals surface area contributed by atoms with Crippen LogP contribution in [0.4, 0.5) is 0 Å². The van der Waals surface area contributed by atoms with Gasteiger partial charge in [-0.3, -0.25) is 10.8 Å². The van der Waals surface area contributed by atoms with E-state index in [-0.39, 0.29) is 0 Å². The monoisotopic (exact) mass is 177 g/mol. The van der Waals surface area contributed by atoms with Crippen LogP contribution in [0, 0.1) is 5.41 Å². The smallest absolute Gasteiger partial charge is 0.108 e. The van der Waals surface area contributed by atoms with Crippen molar-refractivity contribution in [1.29, 1.82) is 5.41 Å². The Labute approximate surface area is 76.5 Å². The van der Waals surface area contributed by atoms with Gasteiger partial charge in [0, 0.05) is 0 Å². The van der Waals surface area contributed by atoms with Crippen molar-refractivity contribution in [2.24, 2.45) is 5.10 Å². The van der Waals surface area contributed by atoms with E-state index >= 15 is 0 Å². The van der Waals surface area contributed by atoms with Gasteiger partial charge in [0.25, 0.3) is 0 Å². The molecule has 1 rings (SSSR count). The summed E-state index contributed by atoms with van der Waals surface area (Å²) in [6.07, 6.45) is 7.88. The van der Waals surface area contributed by atoms with Crippen LogP contribution in [0.1, 0.15) is 6.92 Å². The highest BCUT2D eigenvalue weighted by atomic mass is 16.2. The molecule has 0 aliphatic heterocycles. The largest absolute Gasteiger partial charge is 0.514 e. The van der Waals surface area contributed by atoms with Crippen molar-refractivity contribution in [3.63, 3.8) is 0 Å². The zero-order valence-electron chi connectivity index (χ0n) is 7.28. The van der Waals surface area contributed by atoms with Gasteiger partial charge in [0.05, 0.1) is 17.7 Å². The van der Waals surface area contributed by atoms with E-state index in [1.54, 1.807) is 31.2 Å². The average Bonchev–Trinajstić information content (AvgIpc) is 2.16. The first-order valence-electron chi connectivity index (χ1n) is 3.82. The maximum Gasteiger partial charge on any atom is 0.108 e. The van der Waals surface area contributed by atoms with E-state index in [4.69, 9.17) is 10.5 Å². The topological polar surface area (TPSA) is 68.5 Å². The number of rotatable bonds is 2. The number of aliphatic hydroxyl groups is 1. The highest BCUT2D eigenvalue weighted by Crippen LogP contribution is 1.96. The van der Waals surface area contributed by atoms with Crippen molar-refractivity contribution in [2.75, 3.05) is 0 Å². The molecular formula is C9H11N3O. The molecule has 0 unspecified atom stereocenters. The molecule has 68 valence electrons. The summed E-state index contributed by atoms with van der Waals surface area (Å²) in [7, 11) is 0. The SMILES string of the molecule is C/C(=C/O)N/N=C1/C=CC=CC1=N. The molecule has 0 aromatic heterocycles. The standard InChI is InChI=1S/C9H11N3O/c1-7(6-13)11-12-9-5-3-2-4-8(9)10/h2-6,10-11,13H,1H3/b7-6-,10-8?,12-9-. The van der Waals surface area contributed by atoms with Gasteiger partial charge >= 0.3 is 0 Å². The second-order valence-electron chi connectivity index (χ2n) is 2.55. The molecule has 0 bridgehead atoms. The van der Waals surface area contributed by atoms with Crippen molar-refractivity contribution < 1.29 is 5.11 Å². The normalized spacial score (nSPS) is 19.6. The first kappa shape index (κ1) is 9.25. The molecule has 1 aliphatic rings. The molecular weight excluding hydrogens is 166 g/mol. The third kappa shape index (κ3) is 2.59. The molecule has 0 radical (unpaired) electrons. The lowest BCUT2D eigenvalue weighted by Crippen LogP contribution is -2.15. The predicted molar refractivity (Wildman–Crippen MR) is 53.0 cm³/mol. The fourth-order valence-electron chi connectivity index (χ4n) is 0.748. The molecule has 4 nitrogen and oxygen atoms in total. The van der Waals surface area contributed by atoms with Crippen LogP contribution in [-0.2, 0) is 0 Å². The molecule has 0 atom stereocenters. The molecule has 3 N–H and O–H groups in total. The zero-order chi connectivity index (χ0) is 9.68. The van der Waals surface area contributed by atoms with E-state index < -0.39 is 0 Å². The molecule has 13 heavy (non-hydrogen) atoms. The molecule has 0 heterocycles. The molecule has 1 aliphatic carbocycles. The fraction of sp³-hybridized carbons (Fsp3) is 0.111. The quantitative estimate of drug-likeness (QED) is 0.340. The van der Waals surface area contributed by atoms with Gasteiger partial charge in [0.15, 0.2) is 0 Å². The van der Waals surface area contributed by atoms with E-state index in [1.807, 2.05) is 0 Å². The summed E-state index contributed by atoms with van der Waals surface area (Å²) in [5, 5.41) is 19.9. The lowest BCUT2D eigenvalue weighted by molar-refractivity contribution is 0.461. The van der Waals surface area contributed by atoms with E-state index in [0.29, 0.717) is 17.1 Å². The Balaban J connectivity index is 2.67. The van der Waals surface area contributed by atoms with Gasteiger partial charge in [0.1, 0.15) is 5.71 Å². The highest BCUT2D eigenvalue weighted by Gasteiger charge is 2.02. The first-order chi connectivity index (χ1) is 6.24. The Hall–Kier alpha value is -1.84. The van der Waals surface area contributed by atoms with E-state index in [2.05, 4.69) is 10.5 Å². The van der Waals surface area contributed by atoms with Gasteiger partial charge in [-0.15, -0.1) is 0 Å². The molecule has 0 aromatic carbocycles. The van der Waals surface area contributed by atoms with E-state index in [9.17, 15) is 0 Å². The maximum absolute atomic E-state index is 8.55. The molecule has 0 saturated heterocycles. The highest BCUT2D eigenvalue weighted by molar-refractivity contribution is 6.49. The van der Waals surface area contributed by atoms with Crippen molar-refractivity contribution in [2.45, 2.75) is 6.92 Å². The average molecular weight is 177 g/mol. The van der Waals surface area contributed by atoms with E-state index in [0.717, 1.165) is 6.26 Å². The van der Waals surface area contributed by atoms with Crippen LogP contribution in [0.2, 0.25) is 0 Å². The van der Waals surface area contributed by atoms with Crippen molar-refractivity contribution in [3.8, 4) is 0 Å². The third-order valence-corrected chi connectivity index (χ3v) is 1.45. The second-order valence-corrected chi connectivity index (χ2v) is 2.55. The van der Waals surface area contributed by atoms with E-state index in [1.165, 1.54) is 0 Å². The molecule has 0 amide bonds. The number of allylic oxidation sites excluding steroid dienone is 5. The van der Waals surface area contributed by atoms with Gasteiger partial charge < -0.3 is 5.11 Å². The third-order valence-electron chi connectivity index (χ3n) is 1.45. The Morgan fingerprint density at radius 3 is 2.85 bits per heavy atom. The molecule has 0 spiro atoms. The van der Waals surface area contributed by atoms with Crippen LogP contribution >= 0.6 is 0 Å². The van der Waals surface area contributed by atoms with Crippen molar-refractivity contribution in [1.82, 2.24) is 5.43 Å². The van der Waals surface area contributed by atoms with Gasteiger partial charge in [-0.1, -0.05) is 12.2 Å². The summed E-state index contributed by atoms with van der Waals surface area (Å²) in [6, 6.07) is 0.